The molecule has 1 aromatic rings. The Morgan fingerprint density at radius 2 is 2.20 bits per heavy atom. The molecule has 0 bridgehead atoms. The van der Waals surface area contributed by atoms with Crippen molar-refractivity contribution in [1.82, 2.24) is 4.90 Å². The highest BCUT2D eigenvalue weighted by atomic mass is 19.1. The summed E-state index contributed by atoms with van der Waals surface area (Å²) in [6, 6.07) is 6.31. The molecule has 0 aliphatic carbocycles. The van der Waals surface area contributed by atoms with Crippen molar-refractivity contribution in [2.45, 2.75) is 0 Å². The van der Waals surface area contributed by atoms with Gasteiger partial charge in [0.05, 0.1) is 5.56 Å². The molecule has 3 nitrogen and oxygen atoms in total. The number of nitriles is 1. The topological polar surface area (TPSA) is 39.1 Å². The van der Waals surface area contributed by atoms with Crippen LogP contribution in [0.5, 0.6) is 0 Å². The molecule has 0 amide bonds. The first-order valence-electron chi connectivity index (χ1n) is 4.71. The minimum absolute atomic E-state index is 0.0770. The summed E-state index contributed by atoms with van der Waals surface area (Å²) in [7, 11) is 3.95. The molecule has 0 aliphatic rings. The maximum atomic E-state index is 13.2. The van der Waals surface area contributed by atoms with Crippen LogP contribution in [0.2, 0.25) is 0 Å². The summed E-state index contributed by atoms with van der Waals surface area (Å²) in [5.41, 5.74) is 0.779. The van der Waals surface area contributed by atoms with Gasteiger partial charge in [-0.3, -0.25) is 0 Å². The second kappa shape index (κ2) is 5.32. The number of hydrogen-bond acceptors (Lipinski definition) is 3. The van der Waals surface area contributed by atoms with Gasteiger partial charge in [-0.25, -0.2) is 4.39 Å². The third kappa shape index (κ3) is 3.56. The molecule has 1 aromatic carbocycles. The fourth-order valence-electron chi connectivity index (χ4n) is 1.14. The molecule has 0 atom stereocenters. The summed E-state index contributed by atoms with van der Waals surface area (Å²) in [5.74, 6) is -0.479. The lowest BCUT2D eigenvalue weighted by molar-refractivity contribution is 0.425. The first-order chi connectivity index (χ1) is 7.13. The maximum absolute atomic E-state index is 13.2. The molecule has 0 saturated heterocycles. The number of benzene rings is 1. The van der Waals surface area contributed by atoms with Crippen LogP contribution in [0.1, 0.15) is 5.56 Å². The third-order valence-corrected chi connectivity index (χ3v) is 1.98. The van der Waals surface area contributed by atoms with Gasteiger partial charge in [0.25, 0.3) is 0 Å². The van der Waals surface area contributed by atoms with Crippen molar-refractivity contribution >= 4 is 5.69 Å². The van der Waals surface area contributed by atoms with Crippen molar-refractivity contribution in [2.24, 2.45) is 0 Å². The zero-order chi connectivity index (χ0) is 11.3. The molecular weight excluding hydrogens is 193 g/mol. The van der Waals surface area contributed by atoms with Gasteiger partial charge in [-0.05, 0) is 32.3 Å². The minimum atomic E-state index is -0.479. The summed E-state index contributed by atoms with van der Waals surface area (Å²) < 4.78 is 13.2. The number of nitrogens with zero attached hydrogens (tertiary/aromatic N) is 2. The molecule has 0 radical (unpaired) electrons. The zero-order valence-electron chi connectivity index (χ0n) is 8.92. The summed E-state index contributed by atoms with van der Waals surface area (Å²) in [5, 5.41) is 11.6. The number of anilines is 1. The van der Waals surface area contributed by atoms with Crippen LogP contribution in [0, 0.1) is 17.1 Å². The highest BCUT2D eigenvalue weighted by molar-refractivity contribution is 5.48. The molecule has 0 fully saturated rings. The van der Waals surface area contributed by atoms with E-state index in [0.717, 1.165) is 13.1 Å². The Labute approximate surface area is 89.1 Å². The van der Waals surface area contributed by atoms with Crippen molar-refractivity contribution in [1.29, 1.82) is 5.26 Å². The molecule has 0 aromatic heterocycles. The summed E-state index contributed by atoms with van der Waals surface area (Å²) in [6.45, 7) is 1.62. The predicted molar refractivity (Wildman–Crippen MR) is 58.2 cm³/mol. The van der Waals surface area contributed by atoms with Crippen LogP contribution in [0.15, 0.2) is 18.2 Å². The fraction of sp³-hybridized carbons (Fsp3) is 0.364. The van der Waals surface area contributed by atoms with Crippen molar-refractivity contribution in [3.8, 4) is 6.07 Å². The molecule has 0 spiro atoms. The van der Waals surface area contributed by atoms with E-state index in [0.29, 0.717) is 5.69 Å². The molecule has 0 heterocycles. The van der Waals surface area contributed by atoms with Crippen molar-refractivity contribution < 1.29 is 4.39 Å². The average molecular weight is 207 g/mol. The fourth-order valence-corrected chi connectivity index (χ4v) is 1.14. The molecule has 1 rings (SSSR count). The zero-order valence-corrected chi connectivity index (χ0v) is 8.92. The Morgan fingerprint density at radius 3 is 2.73 bits per heavy atom. The lowest BCUT2D eigenvalue weighted by Gasteiger charge is -2.11. The van der Waals surface area contributed by atoms with Crippen LogP contribution >= 0.6 is 0 Å². The normalized spacial score (nSPS) is 10.1. The molecule has 80 valence electrons. The highest BCUT2D eigenvalue weighted by Gasteiger charge is 2.01. The Hall–Kier alpha value is -1.60. The van der Waals surface area contributed by atoms with E-state index in [1.165, 1.54) is 12.1 Å². The van der Waals surface area contributed by atoms with Gasteiger partial charge in [-0.2, -0.15) is 5.26 Å². The lowest BCUT2D eigenvalue weighted by Crippen LogP contribution is -2.20. The average Bonchev–Trinajstić information content (AvgIpc) is 2.17. The van der Waals surface area contributed by atoms with Crippen molar-refractivity contribution in [2.75, 3.05) is 32.5 Å². The van der Waals surface area contributed by atoms with Crippen LogP contribution in [0.25, 0.3) is 0 Å². The molecular formula is C11H14FN3. The van der Waals surface area contributed by atoms with Crippen LogP contribution in [-0.2, 0) is 0 Å². The summed E-state index contributed by atoms with van der Waals surface area (Å²) in [6.07, 6.45) is 0. The van der Waals surface area contributed by atoms with E-state index >= 15 is 0 Å². The largest absolute Gasteiger partial charge is 0.384 e. The maximum Gasteiger partial charge on any atom is 0.143 e. The Balaban J connectivity index is 2.57. The van der Waals surface area contributed by atoms with E-state index < -0.39 is 5.82 Å². The molecule has 0 saturated carbocycles. The van der Waals surface area contributed by atoms with Crippen LogP contribution < -0.4 is 5.32 Å². The number of nitrogens with one attached hydrogen (secondary N) is 1. The molecule has 0 aliphatic heterocycles. The van der Waals surface area contributed by atoms with Gasteiger partial charge in [0, 0.05) is 18.8 Å². The minimum Gasteiger partial charge on any atom is -0.384 e. The number of hydrogen-bond donors (Lipinski definition) is 1. The first-order valence-corrected chi connectivity index (χ1v) is 4.71. The van der Waals surface area contributed by atoms with Crippen molar-refractivity contribution in [3.05, 3.63) is 29.6 Å². The summed E-state index contributed by atoms with van der Waals surface area (Å²) >= 11 is 0. The van der Waals surface area contributed by atoms with E-state index in [1.54, 1.807) is 12.1 Å². The van der Waals surface area contributed by atoms with Crippen LogP contribution in [0.3, 0.4) is 0 Å². The molecule has 0 unspecified atom stereocenters. The van der Waals surface area contributed by atoms with Gasteiger partial charge in [0.2, 0.25) is 0 Å². The van der Waals surface area contributed by atoms with Gasteiger partial charge in [-0.15, -0.1) is 0 Å². The summed E-state index contributed by atoms with van der Waals surface area (Å²) in [4.78, 5) is 2.03. The monoisotopic (exact) mass is 207 g/mol. The van der Waals surface area contributed by atoms with Gasteiger partial charge in [0.1, 0.15) is 11.9 Å². The molecule has 15 heavy (non-hydrogen) atoms. The second-order valence-corrected chi connectivity index (χ2v) is 3.54. The highest BCUT2D eigenvalue weighted by Crippen LogP contribution is 2.13. The van der Waals surface area contributed by atoms with E-state index in [1.807, 2.05) is 19.0 Å². The number of halogens is 1. The SMILES string of the molecule is CN(C)CCNc1ccc(C#N)c(F)c1. The quantitative estimate of drug-likeness (QED) is 0.816. The number of rotatable bonds is 4. The number of likely N-dealkylation sites (N-methyl/N-ethyl adjacent to an activating group) is 1. The van der Waals surface area contributed by atoms with Crippen LogP contribution in [0.4, 0.5) is 10.1 Å². The molecule has 1 N–H and O–H groups in total. The third-order valence-electron chi connectivity index (χ3n) is 1.98. The van der Waals surface area contributed by atoms with E-state index in [2.05, 4.69) is 5.32 Å². The van der Waals surface area contributed by atoms with E-state index in [9.17, 15) is 4.39 Å². The lowest BCUT2D eigenvalue weighted by atomic mass is 10.2. The standard InChI is InChI=1S/C11H14FN3/c1-15(2)6-5-14-10-4-3-9(8-13)11(12)7-10/h3-4,7,14H,5-6H2,1-2H3. The predicted octanol–water partition coefficient (Wildman–Crippen LogP) is 1.67. The van der Waals surface area contributed by atoms with Gasteiger partial charge in [-0.1, -0.05) is 0 Å². The van der Waals surface area contributed by atoms with Gasteiger partial charge >= 0.3 is 0 Å². The first kappa shape index (κ1) is 11.5. The second-order valence-electron chi connectivity index (χ2n) is 3.54. The smallest absolute Gasteiger partial charge is 0.143 e. The Morgan fingerprint density at radius 1 is 1.47 bits per heavy atom. The van der Waals surface area contributed by atoms with Crippen molar-refractivity contribution in [3.63, 3.8) is 0 Å². The van der Waals surface area contributed by atoms with E-state index in [4.69, 9.17) is 5.26 Å². The van der Waals surface area contributed by atoms with E-state index in [-0.39, 0.29) is 5.56 Å². The molecule has 4 heteroatoms. The Bertz CT molecular complexity index is 369. The van der Waals surface area contributed by atoms with Crippen LogP contribution in [-0.4, -0.2) is 32.1 Å². The van der Waals surface area contributed by atoms with Gasteiger partial charge in [0.15, 0.2) is 0 Å². The Kier molecular flexibility index (Phi) is 4.07. The van der Waals surface area contributed by atoms with Gasteiger partial charge < -0.3 is 10.2 Å².